The molecule has 0 radical (unpaired) electrons. The molecule has 0 aliphatic rings. The van der Waals surface area contributed by atoms with Crippen LogP contribution in [-0.2, 0) is 12.6 Å². The van der Waals surface area contributed by atoms with Crippen LogP contribution in [0.5, 0.6) is 5.75 Å². The zero-order valence-electron chi connectivity index (χ0n) is 12.8. The van der Waals surface area contributed by atoms with Crippen molar-refractivity contribution in [3.63, 3.8) is 0 Å². The van der Waals surface area contributed by atoms with Gasteiger partial charge in [-0.15, -0.1) is 0 Å². The van der Waals surface area contributed by atoms with Crippen molar-refractivity contribution in [2.75, 3.05) is 6.61 Å². The first-order valence-corrected chi connectivity index (χ1v) is 7.38. The van der Waals surface area contributed by atoms with Crippen molar-refractivity contribution in [2.45, 2.75) is 46.2 Å². The molecule has 0 heterocycles. The summed E-state index contributed by atoms with van der Waals surface area (Å²) in [7, 11) is 0. The zero-order chi connectivity index (χ0) is 15.9. The SMILES string of the molecule is CC/C=C\C(C)Cc1cc(C(F)(F)F)ccc1OCCC. The molecule has 0 aliphatic heterocycles. The van der Waals surface area contributed by atoms with E-state index in [0.717, 1.165) is 18.9 Å². The van der Waals surface area contributed by atoms with Crippen molar-refractivity contribution in [3.05, 3.63) is 41.5 Å². The van der Waals surface area contributed by atoms with Crippen molar-refractivity contribution in [2.24, 2.45) is 5.92 Å². The Morgan fingerprint density at radius 3 is 2.52 bits per heavy atom. The number of hydrogen-bond acceptors (Lipinski definition) is 1. The van der Waals surface area contributed by atoms with Gasteiger partial charge in [0.05, 0.1) is 12.2 Å². The highest BCUT2D eigenvalue weighted by Gasteiger charge is 2.31. The molecule has 1 atom stereocenters. The first-order chi connectivity index (χ1) is 9.88. The fourth-order valence-electron chi connectivity index (χ4n) is 2.05. The number of alkyl halides is 3. The molecule has 0 spiro atoms. The van der Waals surface area contributed by atoms with Crippen molar-refractivity contribution < 1.29 is 17.9 Å². The smallest absolute Gasteiger partial charge is 0.416 e. The molecular weight excluding hydrogens is 277 g/mol. The van der Waals surface area contributed by atoms with E-state index in [1.165, 1.54) is 12.1 Å². The quantitative estimate of drug-likeness (QED) is 0.592. The summed E-state index contributed by atoms with van der Waals surface area (Å²) in [4.78, 5) is 0. The van der Waals surface area contributed by atoms with E-state index >= 15 is 0 Å². The minimum absolute atomic E-state index is 0.178. The van der Waals surface area contributed by atoms with E-state index in [0.29, 0.717) is 24.3 Å². The first kappa shape index (κ1) is 17.6. The predicted octanol–water partition coefficient (Wildman–Crippen LogP) is 5.64. The lowest BCUT2D eigenvalue weighted by Crippen LogP contribution is -2.08. The molecule has 0 saturated heterocycles. The van der Waals surface area contributed by atoms with Crippen LogP contribution in [0.15, 0.2) is 30.4 Å². The topological polar surface area (TPSA) is 9.23 Å². The van der Waals surface area contributed by atoms with Crippen LogP contribution in [0.2, 0.25) is 0 Å². The summed E-state index contributed by atoms with van der Waals surface area (Å²) in [5.74, 6) is 0.735. The highest BCUT2D eigenvalue weighted by molar-refractivity contribution is 5.39. The maximum atomic E-state index is 12.8. The molecule has 1 rings (SSSR count). The third-order valence-corrected chi connectivity index (χ3v) is 3.09. The van der Waals surface area contributed by atoms with E-state index in [-0.39, 0.29) is 5.92 Å². The molecule has 0 aromatic heterocycles. The lowest BCUT2D eigenvalue weighted by Gasteiger charge is -2.16. The number of rotatable bonds is 7. The summed E-state index contributed by atoms with van der Waals surface area (Å²) in [6.07, 6.45) is 2.03. The standard InChI is InChI=1S/C17H23F3O/c1-4-6-7-13(3)11-14-12-15(17(18,19)20)8-9-16(14)21-10-5-2/h6-9,12-13H,4-5,10-11H2,1-3H3/b7-6-. The van der Waals surface area contributed by atoms with E-state index in [1.807, 2.05) is 32.9 Å². The largest absolute Gasteiger partial charge is 0.493 e. The average molecular weight is 300 g/mol. The van der Waals surface area contributed by atoms with E-state index in [1.54, 1.807) is 0 Å². The molecule has 0 N–H and O–H groups in total. The van der Waals surface area contributed by atoms with Crippen molar-refractivity contribution >= 4 is 0 Å². The fourth-order valence-corrected chi connectivity index (χ4v) is 2.05. The second-order valence-electron chi connectivity index (χ2n) is 5.19. The van der Waals surface area contributed by atoms with Gasteiger partial charge in [0.1, 0.15) is 5.75 Å². The Hall–Kier alpha value is -1.45. The van der Waals surface area contributed by atoms with Gasteiger partial charge in [0, 0.05) is 0 Å². The van der Waals surface area contributed by atoms with Gasteiger partial charge in [-0.2, -0.15) is 13.2 Å². The highest BCUT2D eigenvalue weighted by Crippen LogP contribution is 2.33. The molecule has 0 bridgehead atoms. The molecule has 0 fully saturated rings. The molecule has 0 aliphatic carbocycles. The number of benzene rings is 1. The van der Waals surface area contributed by atoms with Gasteiger partial charge in [-0.25, -0.2) is 0 Å². The molecule has 0 saturated carbocycles. The number of ether oxygens (including phenoxy) is 1. The second-order valence-corrected chi connectivity index (χ2v) is 5.19. The summed E-state index contributed by atoms with van der Waals surface area (Å²) < 4.78 is 44.1. The molecule has 1 unspecified atom stereocenters. The Bertz CT molecular complexity index is 464. The zero-order valence-corrected chi connectivity index (χ0v) is 12.8. The van der Waals surface area contributed by atoms with E-state index < -0.39 is 11.7 Å². The monoisotopic (exact) mass is 300 g/mol. The Labute approximate surface area is 124 Å². The Balaban J connectivity index is 3.01. The minimum atomic E-state index is -4.32. The van der Waals surface area contributed by atoms with Crippen molar-refractivity contribution in [1.82, 2.24) is 0 Å². The number of hydrogen-bond donors (Lipinski definition) is 0. The van der Waals surface area contributed by atoms with Crippen LogP contribution < -0.4 is 4.74 Å². The maximum absolute atomic E-state index is 12.8. The van der Waals surface area contributed by atoms with Gasteiger partial charge in [-0.3, -0.25) is 0 Å². The Kier molecular flexibility index (Phi) is 6.79. The number of halogens is 3. The van der Waals surface area contributed by atoms with Gasteiger partial charge >= 0.3 is 6.18 Å². The van der Waals surface area contributed by atoms with Crippen LogP contribution in [0.3, 0.4) is 0 Å². The normalized spacial score (nSPS) is 13.6. The summed E-state index contributed by atoms with van der Waals surface area (Å²) in [6, 6.07) is 3.73. The average Bonchev–Trinajstić information content (AvgIpc) is 2.42. The van der Waals surface area contributed by atoms with E-state index in [4.69, 9.17) is 4.74 Å². The molecule has 1 nitrogen and oxygen atoms in total. The van der Waals surface area contributed by atoms with Gasteiger partial charge in [-0.05, 0) is 48.9 Å². The van der Waals surface area contributed by atoms with Crippen LogP contribution in [0.4, 0.5) is 13.2 Å². The van der Waals surface area contributed by atoms with Gasteiger partial charge < -0.3 is 4.74 Å². The lowest BCUT2D eigenvalue weighted by molar-refractivity contribution is -0.137. The van der Waals surface area contributed by atoms with Crippen LogP contribution in [0, 0.1) is 5.92 Å². The van der Waals surface area contributed by atoms with Crippen LogP contribution >= 0.6 is 0 Å². The predicted molar refractivity (Wildman–Crippen MR) is 79.5 cm³/mol. The van der Waals surface area contributed by atoms with Gasteiger partial charge in [0.15, 0.2) is 0 Å². The van der Waals surface area contributed by atoms with Crippen LogP contribution in [0.25, 0.3) is 0 Å². The summed E-state index contributed by atoms with van der Waals surface area (Å²) in [5.41, 5.74) is -0.000419. The lowest BCUT2D eigenvalue weighted by atomic mass is 9.97. The second kappa shape index (κ2) is 8.11. The fraction of sp³-hybridized carbons (Fsp3) is 0.529. The molecule has 4 heteroatoms. The summed E-state index contributed by atoms with van der Waals surface area (Å²) >= 11 is 0. The van der Waals surface area contributed by atoms with E-state index in [9.17, 15) is 13.2 Å². The third kappa shape index (κ3) is 5.82. The molecule has 1 aromatic carbocycles. The molecular formula is C17H23F3O. The Morgan fingerprint density at radius 1 is 1.24 bits per heavy atom. The molecule has 1 aromatic rings. The van der Waals surface area contributed by atoms with Gasteiger partial charge in [0.25, 0.3) is 0 Å². The molecule has 0 amide bonds. The summed E-state index contributed by atoms with van der Waals surface area (Å²) in [5, 5.41) is 0. The number of allylic oxidation sites excluding steroid dienone is 2. The Morgan fingerprint density at radius 2 is 1.95 bits per heavy atom. The third-order valence-electron chi connectivity index (χ3n) is 3.09. The molecule has 118 valence electrons. The maximum Gasteiger partial charge on any atom is 0.416 e. The highest BCUT2D eigenvalue weighted by atomic mass is 19.4. The van der Waals surface area contributed by atoms with E-state index in [2.05, 4.69) is 0 Å². The first-order valence-electron chi connectivity index (χ1n) is 7.38. The van der Waals surface area contributed by atoms with Crippen molar-refractivity contribution in [3.8, 4) is 5.75 Å². The van der Waals surface area contributed by atoms with Crippen LogP contribution in [0.1, 0.15) is 44.7 Å². The van der Waals surface area contributed by atoms with Gasteiger partial charge in [-0.1, -0.05) is 32.9 Å². The minimum Gasteiger partial charge on any atom is -0.493 e. The summed E-state index contributed by atoms with van der Waals surface area (Å²) in [6.45, 7) is 6.51. The van der Waals surface area contributed by atoms with Crippen molar-refractivity contribution in [1.29, 1.82) is 0 Å². The van der Waals surface area contributed by atoms with Crippen LogP contribution in [-0.4, -0.2) is 6.61 Å². The molecule has 21 heavy (non-hydrogen) atoms. The van der Waals surface area contributed by atoms with Gasteiger partial charge in [0.2, 0.25) is 0 Å².